The number of amides is 1. The highest BCUT2D eigenvalue weighted by Crippen LogP contribution is 2.22. The predicted octanol–water partition coefficient (Wildman–Crippen LogP) is 3.56. The van der Waals surface area contributed by atoms with Crippen LogP contribution < -0.4 is 4.90 Å². The molecule has 1 aliphatic rings. The van der Waals surface area contributed by atoms with Crippen molar-refractivity contribution in [3.63, 3.8) is 0 Å². The predicted molar refractivity (Wildman–Crippen MR) is 104 cm³/mol. The summed E-state index contributed by atoms with van der Waals surface area (Å²) in [6.45, 7) is 3.90. The summed E-state index contributed by atoms with van der Waals surface area (Å²) >= 11 is 0. The molecule has 5 heteroatoms. The van der Waals surface area contributed by atoms with Gasteiger partial charge in [0.2, 0.25) is 0 Å². The van der Waals surface area contributed by atoms with Gasteiger partial charge in [0.25, 0.3) is 5.91 Å². The molecule has 1 saturated heterocycles. The second-order valence-electron chi connectivity index (χ2n) is 6.99. The van der Waals surface area contributed by atoms with Crippen molar-refractivity contribution in [2.24, 2.45) is 0 Å². The highest BCUT2D eigenvalue weighted by atomic mass is 16.2. The minimum atomic E-state index is 0.120. The Bertz CT molecular complexity index is 702. The van der Waals surface area contributed by atoms with E-state index >= 15 is 0 Å². The first kappa shape index (κ1) is 18.4. The van der Waals surface area contributed by atoms with Crippen LogP contribution in [0.15, 0.2) is 42.9 Å². The number of anilines is 1. The summed E-state index contributed by atoms with van der Waals surface area (Å²) in [7, 11) is 2.03. The second kappa shape index (κ2) is 8.79. The Morgan fingerprint density at radius 3 is 2.73 bits per heavy atom. The quantitative estimate of drug-likeness (QED) is 0.798. The molecule has 1 amide bonds. The van der Waals surface area contributed by atoms with E-state index in [1.165, 1.54) is 12.0 Å². The number of pyridine rings is 2. The van der Waals surface area contributed by atoms with Crippen molar-refractivity contribution in [2.75, 3.05) is 25.0 Å². The van der Waals surface area contributed by atoms with E-state index in [0.717, 1.165) is 44.6 Å². The number of likely N-dealkylation sites (N-methyl/N-ethyl adjacent to an activating group) is 1. The van der Waals surface area contributed by atoms with Gasteiger partial charge in [-0.1, -0.05) is 6.92 Å². The lowest BCUT2D eigenvalue weighted by Crippen LogP contribution is -2.43. The molecule has 0 spiro atoms. The Hall–Kier alpha value is -2.43. The van der Waals surface area contributed by atoms with Gasteiger partial charge in [0.15, 0.2) is 0 Å². The van der Waals surface area contributed by atoms with E-state index in [-0.39, 0.29) is 5.91 Å². The van der Waals surface area contributed by atoms with Crippen molar-refractivity contribution in [3.05, 3.63) is 54.0 Å². The molecule has 1 atom stereocenters. The zero-order valence-electron chi connectivity index (χ0n) is 15.8. The normalized spacial score (nSPS) is 17.2. The van der Waals surface area contributed by atoms with Crippen molar-refractivity contribution >= 4 is 11.7 Å². The Balaban J connectivity index is 1.61. The summed E-state index contributed by atoms with van der Waals surface area (Å²) in [5.74, 6) is 1.01. The van der Waals surface area contributed by atoms with E-state index in [4.69, 9.17) is 0 Å². The maximum absolute atomic E-state index is 12.8. The third kappa shape index (κ3) is 4.40. The molecule has 138 valence electrons. The summed E-state index contributed by atoms with van der Waals surface area (Å²) in [6, 6.07) is 8.30. The second-order valence-corrected chi connectivity index (χ2v) is 6.99. The third-order valence-corrected chi connectivity index (χ3v) is 5.23. The summed E-state index contributed by atoms with van der Waals surface area (Å²) in [4.78, 5) is 25.5. The number of hydrogen-bond acceptors (Lipinski definition) is 4. The van der Waals surface area contributed by atoms with Crippen molar-refractivity contribution in [3.8, 4) is 0 Å². The molecule has 5 nitrogen and oxygen atoms in total. The number of aromatic nitrogens is 2. The zero-order valence-corrected chi connectivity index (χ0v) is 15.8. The molecule has 0 aliphatic carbocycles. The minimum Gasteiger partial charge on any atom is -0.359 e. The first-order chi connectivity index (χ1) is 12.7. The highest BCUT2D eigenvalue weighted by molar-refractivity contribution is 5.94. The van der Waals surface area contributed by atoms with Crippen LogP contribution in [0.25, 0.3) is 0 Å². The average molecular weight is 352 g/mol. The lowest BCUT2D eigenvalue weighted by atomic mass is 9.99. The van der Waals surface area contributed by atoms with Gasteiger partial charge in [0.1, 0.15) is 5.82 Å². The molecule has 2 aromatic heterocycles. The molecule has 3 heterocycles. The molecule has 0 bridgehead atoms. The van der Waals surface area contributed by atoms with Crippen LogP contribution in [0.3, 0.4) is 0 Å². The molecule has 0 aromatic carbocycles. The first-order valence-corrected chi connectivity index (χ1v) is 9.56. The summed E-state index contributed by atoms with van der Waals surface area (Å²) < 4.78 is 0. The summed E-state index contributed by atoms with van der Waals surface area (Å²) in [6.07, 6.45) is 10.8. The molecular formula is C21H28N4O. The van der Waals surface area contributed by atoms with E-state index in [1.807, 2.05) is 48.6 Å². The van der Waals surface area contributed by atoms with Crippen LogP contribution in [-0.4, -0.2) is 47.0 Å². The maximum Gasteiger partial charge on any atom is 0.255 e. The van der Waals surface area contributed by atoms with Gasteiger partial charge in [-0.05, 0) is 61.9 Å². The fourth-order valence-corrected chi connectivity index (χ4v) is 3.56. The van der Waals surface area contributed by atoms with E-state index < -0.39 is 0 Å². The number of rotatable bonds is 6. The number of nitrogens with zero attached hydrogens (tertiary/aromatic N) is 4. The Morgan fingerprint density at radius 2 is 2.04 bits per heavy atom. The van der Waals surface area contributed by atoms with Gasteiger partial charge in [0.05, 0.1) is 5.56 Å². The SMILES string of the molecule is CCC1CCCCN1C(=O)c1ccc(N(C)CCc2ccncc2)nc1. The van der Waals surface area contributed by atoms with Gasteiger partial charge in [-0.25, -0.2) is 4.98 Å². The molecule has 2 aromatic rings. The smallest absolute Gasteiger partial charge is 0.255 e. The minimum absolute atomic E-state index is 0.120. The monoisotopic (exact) mass is 352 g/mol. The third-order valence-electron chi connectivity index (χ3n) is 5.23. The number of piperidine rings is 1. The van der Waals surface area contributed by atoms with E-state index in [1.54, 1.807) is 6.20 Å². The van der Waals surface area contributed by atoms with Crippen molar-refractivity contribution in [2.45, 2.75) is 45.1 Å². The molecule has 0 radical (unpaired) electrons. The zero-order chi connectivity index (χ0) is 18.4. The van der Waals surface area contributed by atoms with Crippen molar-refractivity contribution in [1.82, 2.24) is 14.9 Å². The van der Waals surface area contributed by atoms with Crippen LogP contribution in [-0.2, 0) is 6.42 Å². The molecule has 3 rings (SSSR count). The Morgan fingerprint density at radius 1 is 1.23 bits per heavy atom. The van der Waals surface area contributed by atoms with Crippen molar-refractivity contribution < 1.29 is 4.79 Å². The van der Waals surface area contributed by atoms with Gasteiger partial charge in [0, 0.05) is 44.8 Å². The first-order valence-electron chi connectivity index (χ1n) is 9.56. The maximum atomic E-state index is 12.8. The molecule has 0 N–H and O–H groups in total. The van der Waals surface area contributed by atoms with Crippen LogP contribution in [0.2, 0.25) is 0 Å². The molecule has 1 unspecified atom stereocenters. The lowest BCUT2D eigenvalue weighted by Gasteiger charge is -2.35. The van der Waals surface area contributed by atoms with E-state index in [0.29, 0.717) is 11.6 Å². The fraction of sp³-hybridized carbons (Fsp3) is 0.476. The topological polar surface area (TPSA) is 49.3 Å². The van der Waals surface area contributed by atoms with Crippen LogP contribution in [0, 0.1) is 0 Å². The van der Waals surface area contributed by atoms with Crippen LogP contribution in [0.1, 0.15) is 48.5 Å². The largest absolute Gasteiger partial charge is 0.359 e. The molecule has 26 heavy (non-hydrogen) atoms. The molecule has 1 fully saturated rings. The molecular weight excluding hydrogens is 324 g/mol. The van der Waals surface area contributed by atoms with Crippen LogP contribution >= 0.6 is 0 Å². The van der Waals surface area contributed by atoms with Gasteiger partial charge in [-0.2, -0.15) is 0 Å². The summed E-state index contributed by atoms with van der Waals surface area (Å²) in [5.41, 5.74) is 1.95. The number of carbonyl (C=O) groups excluding carboxylic acids is 1. The molecule has 1 aliphatic heterocycles. The van der Waals surface area contributed by atoms with E-state index in [9.17, 15) is 4.79 Å². The Labute approximate surface area is 156 Å². The van der Waals surface area contributed by atoms with Gasteiger partial charge >= 0.3 is 0 Å². The Kier molecular flexibility index (Phi) is 6.21. The number of likely N-dealkylation sites (tertiary alicyclic amines) is 1. The number of hydrogen-bond donors (Lipinski definition) is 0. The number of carbonyl (C=O) groups is 1. The average Bonchev–Trinajstić information content (AvgIpc) is 2.72. The van der Waals surface area contributed by atoms with E-state index in [2.05, 4.69) is 21.8 Å². The van der Waals surface area contributed by atoms with Crippen LogP contribution in [0.4, 0.5) is 5.82 Å². The van der Waals surface area contributed by atoms with Gasteiger partial charge in [-0.15, -0.1) is 0 Å². The van der Waals surface area contributed by atoms with Crippen molar-refractivity contribution in [1.29, 1.82) is 0 Å². The highest BCUT2D eigenvalue weighted by Gasteiger charge is 2.26. The lowest BCUT2D eigenvalue weighted by molar-refractivity contribution is 0.0607. The van der Waals surface area contributed by atoms with Gasteiger partial charge < -0.3 is 9.80 Å². The molecule has 0 saturated carbocycles. The fourth-order valence-electron chi connectivity index (χ4n) is 3.56. The van der Waals surface area contributed by atoms with Crippen LogP contribution in [0.5, 0.6) is 0 Å². The standard InChI is InChI=1S/C21H28N4O/c1-3-19-6-4-5-14-25(19)21(26)18-7-8-20(23-16-18)24(2)15-11-17-9-12-22-13-10-17/h7-10,12-13,16,19H,3-6,11,14-15H2,1-2H3. The van der Waals surface area contributed by atoms with Gasteiger partial charge in [-0.3, -0.25) is 9.78 Å². The summed E-state index contributed by atoms with van der Waals surface area (Å²) in [5, 5.41) is 0.